The Kier molecular flexibility index (Phi) is 2.49. The maximum Gasteiger partial charge on any atom is 0.229 e. The van der Waals surface area contributed by atoms with Crippen molar-refractivity contribution in [2.24, 2.45) is 0 Å². The largest absolute Gasteiger partial charge is 0.278 e. The van der Waals surface area contributed by atoms with E-state index in [0.29, 0.717) is 5.56 Å². The lowest BCUT2D eigenvalue weighted by molar-refractivity contribution is -0.139. The van der Waals surface area contributed by atoms with Gasteiger partial charge >= 0.3 is 0 Å². The molecule has 0 unspecified atom stereocenters. The molecule has 1 heterocycles. The standard InChI is InChI=1S/C11H10FNO2/c12-9-4-2-1-3-8(9)7-13-10(14)5-6-11(13)15/h1-4H,5-7H2. The molecule has 1 aromatic carbocycles. The first-order valence-corrected chi connectivity index (χ1v) is 4.75. The molecule has 0 aromatic heterocycles. The normalized spacial score (nSPS) is 16.2. The van der Waals surface area contributed by atoms with Gasteiger partial charge in [0.2, 0.25) is 11.8 Å². The molecule has 4 heteroatoms. The maximum atomic E-state index is 13.2. The minimum absolute atomic E-state index is 0.0460. The molecule has 0 spiro atoms. The zero-order chi connectivity index (χ0) is 10.8. The smallest absolute Gasteiger partial charge is 0.229 e. The molecule has 1 fully saturated rings. The van der Waals surface area contributed by atoms with Gasteiger partial charge in [-0.25, -0.2) is 4.39 Å². The van der Waals surface area contributed by atoms with Crippen LogP contribution in [0.25, 0.3) is 0 Å². The maximum absolute atomic E-state index is 13.2. The monoisotopic (exact) mass is 207 g/mol. The summed E-state index contributed by atoms with van der Waals surface area (Å²) in [6.45, 7) is 0.0460. The van der Waals surface area contributed by atoms with Crippen LogP contribution in [-0.2, 0) is 16.1 Å². The zero-order valence-electron chi connectivity index (χ0n) is 8.07. The van der Waals surface area contributed by atoms with E-state index in [0.717, 1.165) is 4.90 Å². The summed E-state index contributed by atoms with van der Waals surface area (Å²) in [6.07, 6.45) is 0.487. The average molecular weight is 207 g/mol. The fourth-order valence-electron chi connectivity index (χ4n) is 1.60. The number of amides is 2. The van der Waals surface area contributed by atoms with Gasteiger partial charge in [0.15, 0.2) is 0 Å². The first-order chi connectivity index (χ1) is 7.18. The molecule has 0 radical (unpaired) electrons. The third-order valence-electron chi connectivity index (χ3n) is 2.44. The number of hydrogen-bond acceptors (Lipinski definition) is 2. The van der Waals surface area contributed by atoms with Crippen molar-refractivity contribution in [3.8, 4) is 0 Å². The van der Waals surface area contributed by atoms with Crippen molar-refractivity contribution < 1.29 is 14.0 Å². The van der Waals surface area contributed by atoms with Crippen LogP contribution in [0.5, 0.6) is 0 Å². The summed E-state index contributed by atoms with van der Waals surface area (Å²) in [7, 11) is 0. The first kappa shape index (κ1) is 9.83. The van der Waals surface area contributed by atoms with Crippen LogP contribution < -0.4 is 0 Å². The van der Waals surface area contributed by atoms with E-state index in [4.69, 9.17) is 0 Å². The van der Waals surface area contributed by atoms with Gasteiger partial charge in [0.25, 0.3) is 0 Å². The van der Waals surface area contributed by atoms with E-state index in [-0.39, 0.29) is 37.0 Å². The molecule has 0 N–H and O–H groups in total. The summed E-state index contributed by atoms with van der Waals surface area (Å²) in [6, 6.07) is 6.16. The summed E-state index contributed by atoms with van der Waals surface area (Å²) >= 11 is 0. The summed E-state index contributed by atoms with van der Waals surface area (Å²) in [5, 5.41) is 0. The van der Waals surface area contributed by atoms with E-state index in [1.807, 2.05) is 0 Å². The molecule has 78 valence electrons. The fraction of sp³-hybridized carbons (Fsp3) is 0.273. The van der Waals surface area contributed by atoms with E-state index in [1.165, 1.54) is 6.07 Å². The molecular formula is C11H10FNO2. The Morgan fingerprint density at radius 2 is 1.73 bits per heavy atom. The van der Waals surface area contributed by atoms with E-state index < -0.39 is 0 Å². The number of imide groups is 1. The zero-order valence-corrected chi connectivity index (χ0v) is 8.07. The first-order valence-electron chi connectivity index (χ1n) is 4.75. The molecule has 2 amide bonds. The number of carbonyl (C=O) groups is 2. The highest BCUT2D eigenvalue weighted by Gasteiger charge is 2.29. The number of likely N-dealkylation sites (tertiary alicyclic amines) is 1. The predicted octanol–water partition coefficient (Wildman–Crippen LogP) is 1.47. The van der Waals surface area contributed by atoms with Gasteiger partial charge in [-0.2, -0.15) is 0 Å². The third kappa shape index (κ3) is 1.88. The Balaban J connectivity index is 2.18. The van der Waals surface area contributed by atoms with E-state index >= 15 is 0 Å². The van der Waals surface area contributed by atoms with Crippen LogP contribution >= 0.6 is 0 Å². The molecule has 0 atom stereocenters. The summed E-state index contributed by atoms with van der Waals surface area (Å²) in [5.74, 6) is -0.823. The van der Waals surface area contributed by atoms with Crippen molar-refractivity contribution in [1.82, 2.24) is 4.90 Å². The number of rotatable bonds is 2. The van der Waals surface area contributed by atoms with Crippen LogP contribution in [0.15, 0.2) is 24.3 Å². The van der Waals surface area contributed by atoms with Crippen molar-refractivity contribution >= 4 is 11.8 Å². The predicted molar refractivity (Wildman–Crippen MR) is 51.2 cm³/mol. The molecule has 1 aliphatic rings. The lowest BCUT2D eigenvalue weighted by atomic mass is 10.2. The number of benzene rings is 1. The van der Waals surface area contributed by atoms with Gasteiger partial charge in [-0.05, 0) is 6.07 Å². The molecule has 2 rings (SSSR count). The van der Waals surface area contributed by atoms with Crippen molar-refractivity contribution in [3.63, 3.8) is 0 Å². The lowest BCUT2D eigenvalue weighted by Crippen LogP contribution is -2.28. The topological polar surface area (TPSA) is 37.4 Å². The molecule has 1 saturated heterocycles. The number of halogens is 1. The van der Waals surface area contributed by atoms with Gasteiger partial charge in [-0.1, -0.05) is 18.2 Å². The molecular weight excluding hydrogens is 197 g/mol. The van der Waals surface area contributed by atoms with E-state index in [9.17, 15) is 14.0 Å². The van der Waals surface area contributed by atoms with Gasteiger partial charge in [0, 0.05) is 18.4 Å². The fourth-order valence-corrected chi connectivity index (χ4v) is 1.60. The minimum Gasteiger partial charge on any atom is -0.278 e. The van der Waals surface area contributed by atoms with Crippen molar-refractivity contribution in [1.29, 1.82) is 0 Å². The van der Waals surface area contributed by atoms with Crippen molar-refractivity contribution in [2.45, 2.75) is 19.4 Å². The van der Waals surface area contributed by atoms with Gasteiger partial charge < -0.3 is 0 Å². The SMILES string of the molecule is O=C1CCC(=O)N1Cc1ccccc1F. The van der Waals surface area contributed by atoms with Crippen LogP contribution in [0.1, 0.15) is 18.4 Å². The number of carbonyl (C=O) groups excluding carboxylic acids is 2. The second kappa shape index (κ2) is 3.81. The Labute approximate surface area is 86.5 Å². The molecule has 0 saturated carbocycles. The summed E-state index contributed by atoms with van der Waals surface area (Å²) in [4.78, 5) is 23.7. The molecule has 15 heavy (non-hydrogen) atoms. The highest BCUT2D eigenvalue weighted by atomic mass is 19.1. The van der Waals surface area contributed by atoms with E-state index in [2.05, 4.69) is 0 Å². The number of hydrogen-bond donors (Lipinski definition) is 0. The Bertz CT molecular complexity index is 401. The van der Waals surface area contributed by atoms with Crippen LogP contribution in [-0.4, -0.2) is 16.7 Å². The Morgan fingerprint density at radius 3 is 2.33 bits per heavy atom. The molecule has 1 aliphatic heterocycles. The molecule has 1 aromatic rings. The van der Waals surface area contributed by atoms with Gasteiger partial charge in [0.05, 0.1) is 6.54 Å². The van der Waals surface area contributed by atoms with Crippen molar-refractivity contribution in [3.05, 3.63) is 35.6 Å². The minimum atomic E-state index is -0.384. The molecule has 0 bridgehead atoms. The van der Waals surface area contributed by atoms with E-state index in [1.54, 1.807) is 18.2 Å². The molecule has 3 nitrogen and oxygen atoms in total. The van der Waals surface area contributed by atoms with Crippen molar-refractivity contribution in [2.75, 3.05) is 0 Å². The van der Waals surface area contributed by atoms with Gasteiger partial charge in [-0.3, -0.25) is 14.5 Å². The number of nitrogens with zero attached hydrogens (tertiary/aromatic N) is 1. The Morgan fingerprint density at radius 1 is 1.13 bits per heavy atom. The molecule has 0 aliphatic carbocycles. The average Bonchev–Trinajstić information content (AvgIpc) is 2.53. The van der Waals surface area contributed by atoms with Crippen LogP contribution in [0, 0.1) is 5.82 Å². The lowest BCUT2D eigenvalue weighted by Gasteiger charge is -2.13. The Hall–Kier alpha value is -1.71. The summed E-state index contributed by atoms with van der Waals surface area (Å²) < 4.78 is 13.2. The van der Waals surface area contributed by atoms with Crippen LogP contribution in [0.2, 0.25) is 0 Å². The van der Waals surface area contributed by atoms with Crippen LogP contribution in [0.4, 0.5) is 4.39 Å². The van der Waals surface area contributed by atoms with Gasteiger partial charge in [0.1, 0.15) is 5.82 Å². The second-order valence-corrected chi connectivity index (χ2v) is 3.47. The van der Waals surface area contributed by atoms with Gasteiger partial charge in [-0.15, -0.1) is 0 Å². The third-order valence-corrected chi connectivity index (χ3v) is 2.44. The highest BCUT2D eigenvalue weighted by Crippen LogP contribution is 2.17. The highest BCUT2D eigenvalue weighted by molar-refractivity contribution is 6.01. The second-order valence-electron chi connectivity index (χ2n) is 3.47. The van der Waals surface area contributed by atoms with Crippen LogP contribution in [0.3, 0.4) is 0 Å². The summed E-state index contributed by atoms with van der Waals surface area (Å²) in [5.41, 5.74) is 0.376. The quantitative estimate of drug-likeness (QED) is 0.689.